The first-order valence-corrected chi connectivity index (χ1v) is 10.8. The molecule has 0 aromatic carbocycles. The monoisotopic (exact) mass is 405 g/mol. The first kappa shape index (κ1) is 18.4. The van der Waals surface area contributed by atoms with Crippen molar-refractivity contribution in [2.45, 2.75) is 42.9 Å². The topological polar surface area (TPSA) is 63.4 Å². The van der Waals surface area contributed by atoms with Crippen LogP contribution in [-0.4, -0.2) is 49.0 Å². The van der Waals surface area contributed by atoms with Crippen molar-refractivity contribution >= 4 is 34.7 Å². The van der Waals surface area contributed by atoms with E-state index in [1.54, 1.807) is 10.6 Å². The van der Waals surface area contributed by atoms with Crippen LogP contribution in [0.15, 0.2) is 29.3 Å². The quantitative estimate of drug-likeness (QED) is 0.603. The predicted molar refractivity (Wildman–Crippen MR) is 104 cm³/mol. The highest BCUT2D eigenvalue weighted by atomic mass is 32.2. The summed E-state index contributed by atoms with van der Waals surface area (Å²) < 4.78 is 15.0. The van der Waals surface area contributed by atoms with Crippen LogP contribution in [0.4, 0.5) is 4.39 Å². The first-order valence-electron chi connectivity index (χ1n) is 9.09. The fourth-order valence-electron chi connectivity index (χ4n) is 3.20. The molecule has 1 aliphatic rings. The minimum atomic E-state index is -0.273. The normalized spacial score (nSPS) is 16.0. The molecule has 1 amide bonds. The van der Waals surface area contributed by atoms with Crippen molar-refractivity contribution < 1.29 is 9.18 Å². The smallest absolute Gasteiger partial charge is 0.236 e. The molecular formula is C18H20FN5OS2. The third-order valence-corrected chi connectivity index (χ3v) is 6.76. The summed E-state index contributed by atoms with van der Waals surface area (Å²) in [6, 6.07) is 6.77. The molecule has 1 fully saturated rings. The molecular weight excluding hydrogens is 385 g/mol. The van der Waals surface area contributed by atoms with Gasteiger partial charge in [0.05, 0.1) is 10.1 Å². The van der Waals surface area contributed by atoms with Gasteiger partial charge in [0.15, 0.2) is 16.6 Å². The van der Waals surface area contributed by atoms with Gasteiger partial charge in [-0.2, -0.15) is 14.0 Å². The highest BCUT2D eigenvalue weighted by molar-refractivity contribution is 8.00. The molecule has 142 valence electrons. The summed E-state index contributed by atoms with van der Waals surface area (Å²) in [7, 11) is 0. The number of aromatic nitrogens is 4. The summed E-state index contributed by atoms with van der Waals surface area (Å²) in [6.07, 6.45) is 4.10. The summed E-state index contributed by atoms with van der Waals surface area (Å²) >= 11 is 2.48. The van der Waals surface area contributed by atoms with Gasteiger partial charge in [-0.25, -0.2) is 0 Å². The van der Waals surface area contributed by atoms with Crippen LogP contribution < -0.4 is 0 Å². The predicted octanol–water partition coefficient (Wildman–Crippen LogP) is 3.88. The van der Waals surface area contributed by atoms with Crippen LogP contribution in [0.25, 0.3) is 16.3 Å². The number of halogens is 1. The van der Waals surface area contributed by atoms with Gasteiger partial charge in [0.25, 0.3) is 0 Å². The average Bonchev–Trinajstić information content (AvgIpc) is 3.31. The number of amides is 1. The van der Waals surface area contributed by atoms with Crippen molar-refractivity contribution in [2.24, 2.45) is 0 Å². The summed E-state index contributed by atoms with van der Waals surface area (Å²) in [4.78, 5) is 15.5. The lowest BCUT2D eigenvalue weighted by molar-refractivity contribution is -0.131. The molecule has 0 N–H and O–H groups in total. The van der Waals surface area contributed by atoms with Crippen LogP contribution in [0.2, 0.25) is 0 Å². The van der Waals surface area contributed by atoms with E-state index in [9.17, 15) is 9.18 Å². The van der Waals surface area contributed by atoms with Gasteiger partial charge < -0.3 is 4.90 Å². The van der Waals surface area contributed by atoms with E-state index in [0.717, 1.165) is 48.7 Å². The van der Waals surface area contributed by atoms with Crippen LogP contribution in [-0.2, 0) is 4.79 Å². The Hall–Kier alpha value is -2.00. The Morgan fingerprint density at radius 1 is 1.22 bits per heavy atom. The lowest BCUT2D eigenvalue weighted by Crippen LogP contribution is -2.40. The molecule has 9 heteroatoms. The van der Waals surface area contributed by atoms with Crippen LogP contribution in [0, 0.1) is 5.13 Å². The van der Waals surface area contributed by atoms with Gasteiger partial charge in [0.1, 0.15) is 5.03 Å². The van der Waals surface area contributed by atoms with Crippen LogP contribution in [0.3, 0.4) is 0 Å². The molecule has 1 atom stereocenters. The first-order chi connectivity index (χ1) is 13.2. The van der Waals surface area contributed by atoms with Crippen LogP contribution in [0.1, 0.15) is 32.6 Å². The lowest BCUT2D eigenvalue weighted by Gasteiger charge is -2.29. The SMILES string of the molecule is CC[C@@H](Sc1ccc2nnc(-c3ccc(F)s3)n2n1)C(=O)N1CCCCC1. The van der Waals surface area contributed by atoms with E-state index in [2.05, 4.69) is 15.3 Å². The number of carbonyl (C=O) groups excluding carboxylic acids is 1. The zero-order chi connectivity index (χ0) is 18.8. The van der Waals surface area contributed by atoms with Gasteiger partial charge in [-0.05, 0) is 49.9 Å². The third kappa shape index (κ3) is 3.84. The van der Waals surface area contributed by atoms with Gasteiger partial charge in [0, 0.05) is 13.1 Å². The highest BCUT2D eigenvalue weighted by Gasteiger charge is 2.26. The molecule has 1 aliphatic heterocycles. The van der Waals surface area contributed by atoms with E-state index >= 15 is 0 Å². The zero-order valence-electron chi connectivity index (χ0n) is 15.0. The highest BCUT2D eigenvalue weighted by Crippen LogP contribution is 2.29. The Kier molecular flexibility index (Phi) is 5.40. The number of thiophene rings is 1. The molecule has 0 bridgehead atoms. The summed E-state index contributed by atoms with van der Waals surface area (Å²) in [5, 5.41) is 13.1. The maximum atomic E-state index is 13.4. The number of likely N-dealkylation sites (tertiary alicyclic amines) is 1. The minimum absolute atomic E-state index is 0.160. The molecule has 3 aromatic heterocycles. The number of carbonyl (C=O) groups is 1. The van der Waals surface area contributed by atoms with Crippen molar-refractivity contribution in [3.8, 4) is 10.7 Å². The molecule has 4 rings (SSSR count). The van der Waals surface area contributed by atoms with Crippen LogP contribution in [0.5, 0.6) is 0 Å². The van der Waals surface area contributed by atoms with Gasteiger partial charge in [-0.3, -0.25) is 4.79 Å². The molecule has 4 heterocycles. The maximum absolute atomic E-state index is 13.4. The number of fused-ring (bicyclic) bond motifs is 1. The molecule has 1 saturated heterocycles. The molecule has 0 unspecified atom stereocenters. The van der Waals surface area contributed by atoms with Crippen molar-refractivity contribution in [3.05, 3.63) is 29.4 Å². The second-order valence-corrected chi connectivity index (χ2v) is 8.73. The number of thioether (sulfide) groups is 1. The largest absolute Gasteiger partial charge is 0.342 e. The zero-order valence-corrected chi connectivity index (χ0v) is 16.6. The molecule has 0 aliphatic carbocycles. The Bertz CT molecular complexity index is 950. The Morgan fingerprint density at radius 2 is 2.04 bits per heavy atom. The second kappa shape index (κ2) is 7.93. The van der Waals surface area contributed by atoms with E-state index in [-0.39, 0.29) is 16.3 Å². The van der Waals surface area contributed by atoms with Gasteiger partial charge in [-0.1, -0.05) is 18.7 Å². The van der Waals surface area contributed by atoms with E-state index < -0.39 is 0 Å². The Labute approximate surface area is 164 Å². The minimum Gasteiger partial charge on any atom is -0.342 e. The molecule has 27 heavy (non-hydrogen) atoms. The van der Waals surface area contributed by atoms with E-state index in [4.69, 9.17) is 0 Å². The van der Waals surface area contributed by atoms with E-state index in [0.29, 0.717) is 16.3 Å². The van der Waals surface area contributed by atoms with Crippen molar-refractivity contribution in [2.75, 3.05) is 13.1 Å². The molecule has 0 spiro atoms. The number of nitrogens with zero attached hydrogens (tertiary/aromatic N) is 5. The average molecular weight is 406 g/mol. The van der Waals surface area contributed by atoms with E-state index in [1.807, 2.05) is 24.0 Å². The van der Waals surface area contributed by atoms with E-state index in [1.165, 1.54) is 24.2 Å². The fraction of sp³-hybridized carbons (Fsp3) is 0.444. The number of piperidine rings is 1. The number of hydrogen-bond acceptors (Lipinski definition) is 6. The van der Waals surface area contributed by atoms with Gasteiger partial charge >= 0.3 is 0 Å². The molecule has 0 saturated carbocycles. The second-order valence-electron chi connectivity index (χ2n) is 6.47. The molecule has 3 aromatic rings. The number of rotatable bonds is 5. The van der Waals surface area contributed by atoms with Gasteiger partial charge in [-0.15, -0.1) is 21.5 Å². The molecule has 0 radical (unpaired) electrons. The van der Waals surface area contributed by atoms with Crippen molar-refractivity contribution in [1.29, 1.82) is 0 Å². The summed E-state index contributed by atoms with van der Waals surface area (Å²) in [6.45, 7) is 3.72. The Balaban J connectivity index is 1.58. The summed E-state index contributed by atoms with van der Waals surface area (Å²) in [5.74, 6) is 0.699. The molecule has 6 nitrogen and oxygen atoms in total. The standard InChI is InChI=1S/C18H20FN5OS2/c1-2-12(18(25)23-10-4-3-5-11-23)27-16-9-8-15-20-21-17(24(15)22-16)13-6-7-14(19)26-13/h6-9,12H,2-5,10-11H2,1H3/t12-/m1/s1. The van der Waals surface area contributed by atoms with Crippen LogP contribution >= 0.6 is 23.1 Å². The van der Waals surface area contributed by atoms with Crippen molar-refractivity contribution in [1.82, 2.24) is 24.7 Å². The maximum Gasteiger partial charge on any atom is 0.236 e. The third-order valence-electron chi connectivity index (χ3n) is 4.61. The van der Waals surface area contributed by atoms with Gasteiger partial charge in [0.2, 0.25) is 5.91 Å². The fourth-order valence-corrected chi connectivity index (χ4v) is 4.88. The van der Waals surface area contributed by atoms with Crippen molar-refractivity contribution in [3.63, 3.8) is 0 Å². The lowest BCUT2D eigenvalue weighted by atomic mass is 10.1. The summed E-state index contributed by atoms with van der Waals surface area (Å²) in [5.41, 5.74) is 0.596. The number of hydrogen-bond donors (Lipinski definition) is 0. The Morgan fingerprint density at radius 3 is 2.74 bits per heavy atom.